The molecule has 0 amide bonds. The molecule has 2 nitrogen and oxygen atoms in total. The third-order valence-electron chi connectivity index (χ3n) is 4.52. The van der Waals surface area contributed by atoms with Gasteiger partial charge in [-0.05, 0) is 55.4 Å². The van der Waals surface area contributed by atoms with Crippen molar-refractivity contribution in [3.63, 3.8) is 0 Å². The van der Waals surface area contributed by atoms with Crippen molar-refractivity contribution in [1.82, 2.24) is 0 Å². The van der Waals surface area contributed by atoms with Crippen LogP contribution in [-0.4, -0.2) is 11.0 Å². The van der Waals surface area contributed by atoms with Crippen LogP contribution in [0.5, 0.6) is 0 Å². The van der Waals surface area contributed by atoms with Crippen molar-refractivity contribution in [3.05, 3.63) is 29.3 Å². The lowest BCUT2D eigenvalue weighted by Crippen LogP contribution is -2.35. The molecule has 1 aliphatic rings. The van der Waals surface area contributed by atoms with Crippen molar-refractivity contribution >= 4 is 22.9 Å². The van der Waals surface area contributed by atoms with E-state index in [2.05, 4.69) is 38.2 Å². The van der Waals surface area contributed by atoms with Crippen LogP contribution < -0.4 is 11.1 Å². The molecule has 0 radical (unpaired) electrons. The van der Waals surface area contributed by atoms with Crippen molar-refractivity contribution in [2.24, 2.45) is 17.6 Å². The molecule has 0 heterocycles. The smallest absolute Gasteiger partial charge is 0.104 e. The van der Waals surface area contributed by atoms with Crippen LogP contribution >= 0.6 is 12.2 Å². The third-order valence-corrected chi connectivity index (χ3v) is 4.74. The van der Waals surface area contributed by atoms with E-state index in [4.69, 9.17) is 18.0 Å². The Morgan fingerprint density at radius 2 is 2.00 bits per heavy atom. The summed E-state index contributed by atoms with van der Waals surface area (Å²) in [5.41, 5.74) is 9.05. The zero-order valence-corrected chi connectivity index (χ0v) is 13.6. The predicted molar refractivity (Wildman–Crippen MR) is 91.3 cm³/mol. The number of hydrogen-bond acceptors (Lipinski definition) is 2. The highest BCUT2D eigenvalue weighted by atomic mass is 32.1. The van der Waals surface area contributed by atoms with Gasteiger partial charge in [0.05, 0.1) is 0 Å². The summed E-state index contributed by atoms with van der Waals surface area (Å²) < 4.78 is 0. The van der Waals surface area contributed by atoms with Gasteiger partial charge in [0.2, 0.25) is 0 Å². The summed E-state index contributed by atoms with van der Waals surface area (Å²) in [5, 5.41) is 3.74. The van der Waals surface area contributed by atoms with E-state index in [1.54, 1.807) is 0 Å². The fourth-order valence-corrected chi connectivity index (χ4v) is 3.61. The molecular formula is C17H26N2S. The van der Waals surface area contributed by atoms with Gasteiger partial charge < -0.3 is 11.1 Å². The number of benzene rings is 1. The molecule has 110 valence electrons. The van der Waals surface area contributed by atoms with Gasteiger partial charge in [-0.2, -0.15) is 0 Å². The fraction of sp³-hybridized carbons (Fsp3) is 0.588. The van der Waals surface area contributed by atoms with Gasteiger partial charge in [0.15, 0.2) is 0 Å². The summed E-state index contributed by atoms with van der Waals surface area (Å²) in [6.07, 6.45) is 5.34. The van der Waals surface area contributed by atoms with Crippen LogP contribution in [0.4, 0.5) is 5.69 Å². The van der Waals surface area contributed by atoms with Crippen molar-refractivity contribution < 1.29 is 0 Å². The molecule has 0 spiro atoms. The van der Waals surface area contributed by atoms with Crippen LogP contribution in [0.1, 0.15) is 50.7 Å². The van der Waals surface area contributed by atoms with Crippen LogP contribution in [-0.2, 0) is 0 Å². The van der Waals surface area contributed by atoms with E-state index in [0.717, 1.165) is 23.0 Å². The van der Waals surface area contributed by atoms with Gasteiger partial charge >= 0.3 is 0 Å². The Hall–Kier alpha value is -1.09. The summed E-state index contributed by atoms with van der Waals surface area (Å²) in [5.74, 6) is 1.52. The molecule has 20 heavy (non-hydrogen) atoms. The number of anilines is 1. The number of nitrogens with one attached hydrogen (secondary N) is 1. The van der Waals surface area contributed by atoms with E-state index in [9.17, 15) is 0 Å². The second kappa shape index (κ2) is 6.57. The largest absolute Gasteiger partial charge is 0.389 e. The van der Waals surface area contributed by atoms with Crippen LogP contribution in [0.3, 0.4) is 0 Å². The molecule has 1 aliphatic carbocycles. The first-order valence-corrected chi connectivity index (χ1v) is 8.07. The van der Waals surface area contributed by atoms with Crippen molar-refractivity contribution in [2.75, 3.05) is 5.32 Å². The maximum atomic E-state index is 5.72. The van der Waals surface area contributed by atoms with Crippen molar-refractivity contribution in [2.45, 2.75) is 52.5 Å². The highest BCUT2D eigenvalue weighted by Gasteiger charge is 2.27. The molecule has 2 atom stereocenters. The lowest BCUT2D eigenvalue weighted by molar-refractivity contribution is 0.254. The molecule has 2 unspecified atom stereocenters. The quantitative estimate of drug-likeness (QED) is 0.814. The molecule has 1 aromatic carbocycles. The SMILES string of the molecule is Cc1cc(NC2CCCCC2C(C)C)ccc1C(N)=S. The minimum atomic E-state index is 0.478. The van der Waals surface area contributed by atoms with Gasteiger partial charge in [-0.1, -0.05) is 38.9 Å². The first-order valence-electron chi connectivity index (χ1n) is 7.66. The summed E-state index contributed by atoms with van der Waals surface area (Å²) in [6, 6.07) is 6.90. The van der Waals surface area contributed by atoms with Gasteiger partial charge in [0, 0.05) is 17.3 Å². The third kappa shape index (κ3) is 3.51. The van der Waals surface area contributed by atoms with Crippen LogP contribution in [0.15, 0.2) is 18.2 Å². The number of hydrogen-bond donors (Lipinski definition) is 2. The van der Waals surface area contributed by atoms with Crippen LogP contribution in [0.25, 0.3) is 0 Å². The van der Waals surface area contributed by atoms with Gasteiger partial charge in [-0.3, -0.25) is 0 Å². The Kier molecular flexibility index (Phi) is 5.03. The number of aryl methyl sites for hydroxylation is 1. The van der Waals surface area contributed by atoms with E-state index in [-0.39, 0.29) is 0 Å². The van der Waals surface area contributed by atoms with E-state index >= 15 is 0 Å². The Morgan fingerprint density at radius 3 is 2.60 bits per heavy atom. The summed E-state index contributed by atoms with van der Waals surface area (Å²) in [4.78, 5) is 0.478. The Balaban J connectivity index is 2.12. The average Bonchev–Trinajstić information content (AvgIpc) is 2.38. The van der Waals surface area contributed by atoms with Crippen molar-refractivity contribution in [3.8, 4) is 0 Å². The molecule has 0 bridgehead atoms. The molecule has 0 saturated heterocycles. The molecular weight excluding hydrogens is 264 g/mol. The molecule has 0 aliphatic heterocycles. The molecule has 0 aromatic heterocycles. The lowest BCUT2D eigenvalue weighted by Gasteiger charge is -2.35. The molecule has 1 fully saturated rings. The maximum Gasteiger partial charge on any atom is 0.104 e. The fourth-order valence-electron chi connectivity index (χ4n) is 3.38. The monoisotopic (exact) mass is 290 g/mol. The predicted octanol–water partition coefficient (Wildman–Crippen LogP) is 4.26. The summed E-state index contributed by atoms with van der Waals surface area (Å²) in [7, 11) is 0. The average molecular weight is 290 g/mol. The lowest BCUT2D eigenvalue weighted by atomic mass is 9.77. The van der Waals surface area contributed by atoms with Crippen molar-refractivity contribution in [1.29, 1.82) is 0 Å². The molecule has 1 aromatic rings. The zero-order valence-electron chi connectivity index (χ0n) is 12.8. The van der Waals surface area contributed by atoms with E-state index in [0.29, 0.717) is 11.0 Å². The Labute approximate surface area is 128 Å². The van der Waals surface area contributed by atoms with Crippen LogP contribution in [0.2, 0.25) is 0 Å². The van der Waals surface area contributed by atoms with Gasteiger partial charge in [-0.15, -0.1) is 0 Å². The Morgan fingerprint density at radius 1 is 1.30 bits per heavy atom. The summed E-state index contributed by atoms with van der Waals surface area (Å²) >= 11 is 5.06. The van der Waals surface area contributed by atoms with Gasteiger partial charge in [0.25, 0.3) is 0 Å². The topological polar surface area (TPSA) is 38.0 Å². The first-order chi connectivity index (χ1) is 9.49. The highest BCUT2D eigenvalue weighted by molar-refractivity contribution is 7.80. The number of nitrogens with two attached hydrogens (primary N) is 1. The molecule has 2 rings (SSSR count). The van der Waals surface area contributed by atoms with Gasteiger partial charge in [-0.25, -0.2) is 0 Å². The summed E-state index contributed by atoms with van der Waals surface area (Å²) in [6.45, 7) is 6.75. The maximum absolute atomic E-state index is 5.72. The van der Waals surface area contributed by atoms with E-state index < -0.39 is 0 Å². The van der Waals surface area contributed by atoms with Crippen LogP contribution in [0, 0.1) is 18.8 Å². The molecule has 1 saturated carbocycles. The standard InChI is InChI=1S/C17H26N2S/c1-11(2)14-6-4-5-7-16(14)19-13-8-9-15(17(18)20)12(3)10-13/h8-11,14,16,19H,4-7H2,1-3H3,(H2,18,20). The highest BCUT2D eigenvalue weighted by Crippen LogP contribution is 2.32. The van der Waals surface area contributed by atoms with E-state index in [1.165, 1.54) is 31.4 Å². The minimum absolute atomic E-state index is 0.478. The second-order valence-electron chi connectivity index (χ2n) is 6.34. The normalized spacial score (nSPS) is 22.8. The zero-order chi connectivity index (χ0) is 14.7. The molecule has 3 N–H and O–H groups in total. The Bertz CT molecular complexity index is 482. The second-order valence-corrected chi connectivity index (χ2v) is 6.78. The number of thiocarbonyl (C=S) groups is 1. The molecule has 3 heteroatoms. The van der Waals surface area contributed by atoms with Gasteiger partial charge in [0.1, 0.15) is 4.99 Å². The number of rotatable bonds is 4. The first kappa shape index (κ1) is 15.3. The van der Waals surface area contributed by atoms with E-state index in [1.807, 2.05) is 6.07 Å². The minimum Gasteiger partial charge on any atom is -0.389 e.